The molecule has 0 atom stereocenters. The van der Waals surface area contributed by atoms with Crippen LogP contribution < -0.4 is 5.32 Å². The molecule has 2 aromatic rings. The van der Waals surface area contributed by atoms with E-state index < -0.39 is 21.7 Å². The van der Waals surface area contributed by atoms with E-state index in [0.717, 1.165) is 12.1 Å². The molecular formula is C19H21F2N3O3S. The molecule has 0 radical (unpaired) electrons. The monoisotopic (exact) mass is 409 g/mol. The van der Waals surface area contributed by atoms with E-state index in [2.05, 4.69) is 10.2 Å². The van der Waals surface area contributed by atoms with Crippen LogP contribution in [-0.4, -0.2) is 62.8 Å². The maximum absolute atomic E-state index is 13.0. The molecule has 28 heavy (non-hydrogen) atoms. The van der Waals surface area contributed by atoms with Gasteiger partial charge in [-0.1, -0.05) is 0 Å². The number of carbonyl (C=O) groups is 1. The average molecular weight is 409 g/mol. The summed E-state index contributed by atoms with van der Waals surface area (Å²) in [5.74, 6) is -1.16. The molecule has 0 aliphatic carbocycles. The fourth-order valence-electron chi connectivity index (χ4n) is 2.98. The second kappa shape index (κ2) is 8.76. The molecule has 2 aromatic carbocycles. The minimum Gasteiger partial charge on any atom is -0.351 e. The molecule has 1 fully saturated rings. The van der Waals surface area contributed by atoms with Crippen LogP contribution in [0.4, 0.5) is 8.78 Å². The minimum atomic E-state index is -3.64. The zero-order valence-corrected chi connectivity index (χ0v) is 16.0. The Bertz CT molecular complexity index is 910. The fraction of sp³-hybridized carbons (Fsp3) is 0.316. The standard InChI is InChI=1S/C19H21F2N3O3S/c20-16-3-1-15(2-4-16)19(25)22-9-10-23-11-13-24(14-12-23)28(26,27)18-7-5-17(21)6-8-18/h1-8H,9-14H2,(H,22,25). The number of sulfonamides is 1. The highest BCUT2D eigenvalue weighted by Gasteiger charge is 2.28. The number of nitrogens with one attached hydrogen (secondary N) is 1. The van der Waals surface area contributed by atoms with Gasteiger partial charge in [0.25, 0.3) is 5.91 Å². The van der Waals surface area contributed by atoms with E-state index in [0.29, 0.717) is 44.8 Å². The van der Waals surface area contributed by atoms with Crippen molar-refractivity contribution in [2.24, 2.45) is 0 Å². The summed E-state index contributed by atoms with van der Waals surface area (Å²) in [5, 5.41) is 2.77. The Labute approximate surface area is 162 Å². The predicted octanol–water partition coefficient (Wildman–Crippen LogP) is 1.70. The zero-order valence-electron chi connectivity index (χ0n) is 15.1. The summed E-state index contributed by atoms with van der Waals surface area (Å²) in [4.78, 5) is 14.1. The summed E-state index contributed by atoms with van der Waals surface area (Å²) in [6.07, 6.45) is 0. The van der Waals surface area contributed by atoms with Crippen molar-refractivity contribution in [2.75, 3.05) is 39.3 Å². The molecule has 3 rings (SSSR count). The maximum atomic E-state index is 13.0. The van der Waals surface area contributed by atoms with Gasteiger partial charge >= 0.3 is 0 Å². The first-order chi connectivity index (χ1) is 13.4. The molecule has 150 valence electrons. The number of hydrogen-bond acceptors (Lipinski definition) is 4. The summed E-state index contributed by atoms with van der Waals surface area (Å²) in [6, 6.07) is 10.1. The quantitative estimate of drug-likeness (QED) is 0.789. The van der Waals surface area contributed by atoms with Gasteiger partial charge in [0, 0.05) is 44.8 Å². The Kier molecular flexibility index (Phi) is 6.38. The topological polar surface area (TPSA) is 69.7 Å². The number of hydrogen-bond donors (Lipinski definition) is 1. The number of rotatable bonds is 6. The normalized spacial score (nSPS) is 16.1. The van der Waals surface area contributed by atoms with E-state index in [-0.39, 0.29) is 10.8 Å². The van der Waals surface area contributed by atoms with Crippen molar-refractivity contribution in [1.29, 1.82) is 0 Å². The number of nitrogens with zero attached hydrogens (tertiary/aromatic N) is 2. The molecule has 1 saturated heterocycles. The second-order valence-electron chi connectivity index (χ2n) is 6.46. The number of carbonyl (C=O) groups excluding carboxylic acids is 1. The Morgan fingerprint density at radius 1 is 0.893 bits per heavy atom. The molecule has 1 N–H and O–H groups in total. The lowest BCUT2D eigenvalue weighted by atomic mass is 10.2. The van der Waals surface area contributed by atoms with Gasteiger partial charge < -0.3 is 5.32 Å². The van der Waals surface area contributed by atoms with Gasteiger partial charge in [0.2, 0.25) is 10.0 Å². The van der Waals surface area contributed by atoms with Gasteiger partial charge in [-0.25, -0.2) is 17.2 Å². The SMILES string of the molecule is O=C(NCCN1CCN(S(=O)(=O)c2ccc(F)cc2)CC1)c1ccc(F)cc1. The van der Waals surface area contributed by atoms with Crippen LogP contribution in [0, 0.1) is 11.6 Å². The van der Waals surface area contributed by atoms with Gasteiger partial charge in [-0.05, 0) is 48.5 Å². The third-order valence-corrected chi connectivity index (χ3v) is 6.52. The number of piperazine rings is 1. The summed E-state index contributed by atoms with van der Waals surface area (Å²) in [7, 11) is -3.64. The highest BCUT2D eigenvalue weighted by Crippen LogP contribution is 2.17. The molecule has 0 bridgehead atoms. The lowest BCUT2D eigenvalue weighted by molar-refractivity contribution is 0.0945. The predicted molar refractivity (Wildman–Crippen MR) is 100 cm³/mol. The van der Waals surface area contributed by atoms with E-state index in [1.54, 1.807) is 0 Å². The van der Waals surface area contributed by atoms with Crippen LogP contribution >= 0.6 is 0 Å². The van der Waals surface area contributed by atoms with Crippen molar-refractivity contribution in [3.05, 3.63) is 65.7 Å². The highest BCUT2D eigenvalue weighted by molar-refractivity contribution is 7.89. The smallest absolute Gasteiger partial charge is 0.251 e. The van der Waals surface area contributed by atoms with Gasteiger partial charge in [0.05, 0.1) is 4.90 Å². The van der Waals surface area contributed by atoms with Crippen molar-refractivity contribution in [2.45, 2.75) is 4.90 Å². The van der Waals surface area contributed by atoms with Gasteiger partial charge in [-0.15, -0.1) is 0 Å². The number of halogens is 2. The van der Waals surface area contributed by atoms with Crippen LogP contribution in [0.5, 0.6) is 0 Å². The summed E-state index contributed by atoms with van der Waals surface area (Å²) in [6.45, 7) is 2.70. The molecule has 0 spiro atoms. The summed E-state index contributed by atoms with van der Waals surface area (Å²) < 4.78 is 52.5. The molecule has 1 aliphatic heterocycles. The van der Waals surface area contributed by atoms with Gasteiger partial charge in [-0.3, -0.25) is 9.69 Å². The van der Waals surface area contributed by atoms with Crippen molar-refractivity contribution in [3.63, 3.8) is 0 Å². The van der Waals surface area contributed by atoms with E-state index in [1.807, 2.05) is 0 Å². The van der Waals surface area contributed by atoms with Crippen molar-refractivity contribution in [3.8, 4) is 0 Å². The van der Waals surface area contributed by atoms with Crippen LogP contribution in [-0.2, 0) is 10.0 Å². The number of benzene rings is 2. The van der Waals surface area contributed by atoms with E-state index in [1.165, 1.54) is 40.7 Å². The molecule has 0 unspecified atom stereocenters. The average Bonchev–Trinajstić information content (AvgIpc) is 2.69. The van der Waals surface area contributed by atoms with Crippen molar-refractivity contribution < 1.29 is 22.0 Å². The van der Waals surface area contributed by atoms with Crippen molar-refractivity contribution in [1.82, 2.24) is 14.5 Å². The second-order valence-corrected chi connectivity index (χ2v) is 8.40. The molecule has 6 nitrogen and oxygen atoms in total. The van der Waals surface area contributed by atoms with E-state index in [4.69, 9.17) is 0 Å². The van der Waals surface area contributed by atoms with Gasteiger partial charge in [-0.2, -0.15) is 4.31 Å². The minimum absolute atomic E-state index is 0.0777. The molecule has 9 heteroatoms. The largest absolute Gasteiger partial charge is 0.351 e. The Morgan fingerprint density at radius 2 is 1.43 bits per heavy atom. The maximum Gasteiger partial charge on any atom is 0.251 e. The first kappa shape index (κ1) is 20.4. The van der Waals surface area contributed by atoms with Crippen LogP contribution in [0.15, 0.2) is 53.4 Å². The Morgan fingerprint density at radius 3 is 2.00 bits per heavy atom. The number of amides is 1. The molecule has 1 aliphatic rings. The summed E-state index contributed by atoms with van der Waals surface area (Å²) in [5.41, 5.74) is 0.386. The van der Waals surface area contributed by atoms with E-state index in [9.17, 15) is 22.0 Å². The van der Waals surface area contributed by atoms with Crippen LogP contribution in [0.25, 0.3) is 0 Å². The van der Waals surface area contributed by atoms with Gasteiger partial charge in [0.15, 0.2) is 0 Å². The van der Waals surface area contributed by atoms with Crippen LogP contribution in [0.3, 0.4) is 0 Å². The first-order valence-corrected chi connectivity index (χ1v) is 10.3. The van der Waals surface area contributed by atoms with Gasteiger partial charge in [0.1, 0.15) is 11.6 Å². The molecule has 1 amide bonds. The summed E-state index contributed by atoms with van der Waals surface area (Å²) >= 11 is 0. The van der Waals surface area contributed by atoms with E-state index >= 15 is 0 Å². The first-order valence-electron chi connectivity index (χ1n) is 8.88. The Hall–Kier alpha value is -2.36. The third kappa shape index (κ3) is 4.92. The van der Waals surface area contributed by atoms with Crippen molar-refractivity contribution >= 4 is 15.9 Å². The Balaban J connectivity index is 1.45. The lowest BCUT2D eigenvalue weighted by Crippen LogP contribution is -2.50. The molecule has 1 heterocycles. The highest BCUT2D eigenvalue weighted by atomic mass is 32.2. The lowest BCUT2D eigenvalue weighted by Gasteiger charge is -2.33. The molecule has 0 saturated carbocycles. The zero-order chi connectivity index (χ0) is 20.1. The fourth-order valence-corrected chi connectivity index (χ4v) is 4.40. The molecular weight excluding hydrogens is 388 g/mol. The molecule has 0 aromatic heterocycles. The van der Waals surface area contributed by atoms with Crippen LogP contribution in [0.1, 0.15) is 10.4 Å². The third-order valence-electron chi connectivity index (χ3n) is 4.60. The van der Waals surface area contributed by atoms with Crippen LogP contribution in [0.2, 0.25) is 0 Å².